The lowest BCUT2D eigenvalue weighted by molar-refractivity contribution is -0.150. The van der Waals surface area contributed by atoms with E-state index >= 15 is 0 Å². The second-order valence-corrected chi connectivity index (χ2v) is 8.35. The van der Waals surface area contributed by atoms with Crippen LogP contribution in [0.1, 0.15) is 29.0 Å². The third-order valence-corrected chi connectivity index (χ3v) is 6.59. The van der Waals surface area contributed by atoms with Gasteiger partial charge >= 0.3 is 5.97 Å². The molecule has 3 aliphatic heterocycles. The summed E-state index contributed by atoms with van der Waals surface area (Å²) in [5.41, 5.74) is 4.22. The van der Waals surface area contributed by atoms with Crippen LogP contribution in [0.2, 0.25) is 0 Å². The van der Waals surface area contributed by atoms with Crippen molar-refractivity contribution in [3.05, 3.63) is 71.1 Å². The molecule has 4 aliphatic rings. The molecule has 1 aliphatic carbocycles. The number of aliphatic hydroxyl groups is 1. The van der Waals surface area contributed by atoms with Crippen molar-refractivity contribution in [1.29, 1.82) is 0 Å². The molecule has 7 nitrogen and oxygen atoms in total. The summed E-state index contributed by atoms with van der Waals surface area (Å²) in [7, 11) is 0. The van der Waals surface area contributed by atoms with Gasteiger partial charge < -0.3 is 19.3 Å². The lowest BCUT2D eigenvalue weighted by Crippen LogP contribution is -2.51. The number of rotatable bonds is 3. The average Bonchev–Trinajstić information content (AvgIpc) is 3.40. The Morgan fingerprint density at radius 2 is 2.16 bits per heavy atom. The fourth-order valence-electron chi connectivity index (χ4n) is 5.29. The Hall–Kier alpha value is -3.16. The predicted molar refractivity (Wildman–Crippen MR) is 111 cm³/mol. The molecule has 4 atom stereocenters. The minimum atomic E-state index is -0.858. The molecule has 2 unspecified atom stereocenters. The highest BCUT2D eigenvalue weighted by Gasteiger charge is 2.50. The minimum Gasteiger partial charge on any atom is -0.455 e. The first-order valence-corrected chi connectivity index (χ1v) is 10.5. The number of nitrogens with zero attached hydrogens (tertiary/aromatic N) is 2. The van der Waals surface area contributed by atoms with Crippen molar-refractivity contribution in [2.24, 2.45) is 0 Å². The molecule has 1 fully saturated rings. The van der Waals surface area contributed by atoms with E-state index in [1.54, 1.807) is 24.5 Å². The van der Waals surface area contributed by atoms with E-state index in [2.05, 4.69) is 9.88 Å². The standard InChI is InChI=1S/C24H22N2O5/c27-18-8-15-5-7-26-12-16-9-19-20(30-13-29-19)10-17(16)22(23(15)26)24(18)31-21(28)4-3-14-2-1-6-25-11-14/h1-4,6,8-11,18,22-24,27H,5,7,12-13H2/b4-3+/t18-,22?,23?,24+/m0/s1. The molecule has 0 saturated carbocycles. The number of hydrogen-bond donors (Lipinski definition) is 1. The number of fused-ring (bicyclic) bond motifs is 3. The van der Waals surface area contributed by atoms with E-state index in [9.17, 15) is 9.90 Å². The molecule has 7 heteroatoms. The van der Waals surface area contributed by atoms with Crippen LogP contribution in [0.25, 0.3) is 6.08 Å². The van der Waals surface area contributed by atoms with Gasteiger partial charge in [-0.05, 0) is 47.4 Å². The Morgan fingerprint density at radius 3 is 3.00 bits per heavy atom. The molecule has 0 bridgehead atoms. The maximum Gasteiger partial charge on any atom is 0.331 e. The molecule has 4 heterocycles. The van der Waals surface area contributed by atoms with Gasteiger partial charge in [0.1, 0.15) is 12.2 Å². The van der Waals surface area contributed by atoms with Gasteiger partial charge in [0.25, 0.3) is 0 Å². The van der Waals surface area contributed by atoms with Gasteiger partial charge in [-0.15, -0.1) is 0 Å². The Kier molecular flexibility index (Phi) is 4.33. The number of hydrogen-bond acceptors (Lipinski definition) is 7. The van der Waals surface area contributed by atoms with E-state index in [0.29, 0.717) is 5.75 Å². The number of carbonyl (C=O) groups is 1. The Labute approximate surface area is 179 Å². The van der Waals surface area contributed by atoms with Gasteiger partial charge in [-0.2, -0.15) is 0 Å². The molecule has 1 aromatic heterocycles. The number of pyridine rings is 1. The first-order chi connectivity index (χ1) is 15.2. The maximum atomic E-state index is 12.7. The molecule has 6 rings (SSSR count). The van der Waals surface area contributed by atoms with Gasteiger partial charge in [0, 0.05) is 43.5 Å². The van der Waals surface area contributed by atoms with Crippen LogP contribution in [0.3, 0.4) is 0 Å². The van der Waals surface area contributed by atoms with E-state index < -0.39 is 18.2 Å². The summed E-state index contributed by atoms with van der Waals surface area (Å²) < 4.78 is 17.0. The fraction of sp³-hybridized carbons (Fsp3) is 0.333. The molecule has 158 valence electrons. The normalized spacial score (nSPS) is 28.2. The van der Waals surface area contributed by atoms with Crippen molar-refractivity contribution < 1.29 is 24.1 Å². The first kappa shape index (κ1) is 18.6. The van der Waals surface area contributed by atoms with Gasteiger partial charge in [0.05, 0.1) is 0 Å². The monoisotopic (exact) mass is 418 g/mol. The molecular formula is C24H22N2O5. The highest BCUT2D eigenvalue weighted by Crippen LogP contribution is 2.50. The van der Waals surface area contributed by atoms with E-state index in [-0.39, 0.29) is 18.8 Å². The molecule has 31 heavy (non-hydrogen) atoms. The fourth-order valence-corrected chi connectivity index (χ4v) is 5.29. The van der Waals surface area contributed by atoms with Crippen molar-refractivity contribution in [3.63, 3.8) is 0 Å². The molecule has 0 radical (unpaired) electrons. The van der Waals surface area contributed by atoms with Crippen LogP contribution in [0, 0.1) is 0 Å². The summed E-state index contributed by atoms with van der Waals surface area (Å²) >= 11 is 0. The Morgan fingerprint density at radius 1 is 1.29 bits per heavy atom. The van der Waals surface area contributed by atoms with Crippen molar-refractivity contribution >= 4 is 12.0 Å². The molecule has 0 amide bonds. The van der Waals surface area contributed by atoms with Gasteiger partial charge in [-0.25, -0.2) is 4.79 Å². The van der Waals surface area contributed by atoms with E-state index in [1.165, 1.54) is 11.6 Å². The van der Waals surface area contributed by atoms with Crippen molar-refractivity contribution in [2.75, 3.05) is 13.3 Å². The number of esters is 1. The number of aromatic nitrogens is 1. The van der Waals surface area contributed by atoms with Crippen molar-refractivity contribution in [1.82, 2.24) is 9.88 Å². The molecule has 2 aromatic rings. The predicted octanol–water partition coefficient (Wildman–Crippen LogP) is 2.41. The summed E-state index contributed by atoms with van der Waals surface area (Å²) in [6.07, 6.45) is 7.66. The third kappa shape index (κ3) is 3.12. The number of aliphatic hydroxyl groups excluding tert-OH is 1. The van der Waals surface area contributed by atoms with Crippen LogP contribution >= 0.6 is 0 Å². The summed E-state index contributed by atoms with van der Waals surface area (Å²) in [6, 6.07) is 7.81. The van der Waals surface area contributed by atoms with Gasteiger partial charge in [0.2, 0.25) is 6.79 Å². The third-order valence-electron chi connectivity index (χ3n) is 6.59. The van der Waals surface area contributed by atoms with Gasteiger partial charge in [-0.1, -0.05) is 17.7 Å². The highest BCUT2D eigenvalue weighted by molar-refractivity contribution is 5.87. The zero-order valence-corrected chi connectivity index (χ0v) is 16.8. The zero-order valence-electron chi connectivity index (χ0n) is 16.8. The zero-order chi connectivity index (χ0) is 20.9. The summed E-state index contributed by atoms with van der Waals surface area (Å²) in [5, 5.41) is 10.9. The minimum absolute atomic E-state index is 0.122. The number of carbonyl (C=O) groups excluding carboxylic acids is 1. The summed E-state index contributed by atoms with van der Waals surface area (Å²) in [5.74, 6) is 0.808. The topological polar surface area (TPSA) is 81.1 Å². The van der Waals surface area contributed by atoms with Crippen LogP contribution in [-0.4, -0.2) is 52.5 Å². The molecular weight excluding hydrogens is 396 g/mol. The average molecular weight is 418 g/mol. The van der Waals surface area contributed by atoms with E-state index in [0.717, 1.165) is 42.0 Å². The lowest BCUT2D eigenvalue weighted by Gasteiger charge is -2.45. The summed E-state index contributed by atoms with van der Waals surface area (Å²) in [6.45, 7) is 1.94. The molecule has 0 spiro atoms. The highest BCUT2D eigenvalue weighted by atomic mass is 16.7. The maximum absolute atomic E-state index is 12.7. The van der Waals surface area contributed by atoms with Gasteiger partial charge in [-0.3, -0.25) is 9.88 Å². The molecule has 1 aromatic carbocycles. The lowest BCUT2D eigenvalue weighted by atomic mass is 9.73. The molecule has 1 saturated heterocycles. The van der Waals surface area contributed by atoms with Crippen LogP contribution in [0.5, 0.6) is 11.5 Å². The van der Waals surface area contributed by atoms with Crippen molar-refractivity contribution in [2.45, 2.75) is 37.1 Å². The first-order valence-electron chi connectivity index (χ1n) is 10.5. The number of benzene rings is 1. The van der Waals surface area contributed by atoms with Crippen LogP contribution < -0.4 is 9.47 Å². The van der Waals surface area contributed by atoms with Crippen LogP contribution in [0.15, 0.2) is 54.4 Å². The molecule has 1 N–H and O–H groups in total. The second-order valence-electron chi connectivity index (χ2n) is 8.35. The van der Waals surface area contributed by atoms with Crippen LogP contribution in [0.4, 0.5) is 0 Å². The smallest absolute Gasteiger partial charge is 0.331 e. The van der Waals surface area contributed by atoms with E-state index in [4.69, 9.17) is 14.2 Å². The van der Waals surface area contributed by atoms with E-state index in [1.807, 2.05) is 24.3 Å². The quantitative estimate of drug-likeness (QED) is 0.466. The largest absolute Gasteiger partial charge is 0.455 e. The van der Waals surface area contributed by atoms with Crippen molar-refractivity contribution in [3.8, 4) is 11.5 Å². The second kappa shape index (κ2) is 7.21. The summed E-state index contributed by atoms with van der Waals surface area (Å²) in [4.78, 5) is 19.1. The van der Waals surface area contributed by atoms with Crippen LogP contribution in [-0.2, 0) is 16.1 Å². The number of ether oxygens (including phenoxy) is 3. The Balaban J connectivity index is 1.34. The van der Waals surface area contributed by atoms with Gasteiger partial charge in [0.15, 0.2) is 11.5 Å². The Bertz CT molecular complexity index is 1100. The SMILES string of the molecule is O=C(/C=C/c1cccnc1)O[C@H]1C2c3cc4c(cc3CN3CCC(=C[C@@H]1O)C23)OCO4.